The Kier molecular flexibility index (Phi) is 7.42. The van der Waals surface area contributed by atoms with Gasteiger partial charge in [-0.3, -0.25) is 0 Å². The minimum absolute atomic E-state index is 0.0250. The van der Waals surface area contributed by atoms with E-state index in [1.807, 2.05) is 27.7 Å². The van der Waals surface area contributed by atoms with Crippen LogP contribution < -0.4 is 5.32 Å². The number of carbonyl (C=O) groups is 1. The van der Waals surface area contributed by atoms with Crippen molar-refractivity contribution >= 4 is 6.09 Å². The van der Waals surface area contributed by atoms with Crippen molar-refractivity contribution in [2.75, 3.05) is 6.61 Å². The normalized spacial score (nSPS) is 16.9. The van der Waals surface area contributed by atoms with Crippen LogP contribution in [0, 0.1) is 17.8 Å². The van der Waals surface area contributed by atoms with Crippen molar-refractivity contribution in [3.63, 3.8) is 0 Å². The van der Waals surface area contributed by atoms with Crippen LogP contribution in [-0.4, -0.2) is 29.4 Å². The van der Waals surface area contributed by atoms with Gasteiger partial charge in [-0.15, -0.1) is 0 Å². The first-order valence-corrected chi connectivity index (χ1v) is 7.17. The smallest absolute Gasteiger partial charge is 0.407 e. The molecule has 3 atom stereocenters. The first-order chi connectivity index (χ1) is 8.56. The van der Waals surface area contributed by atoms with Crippen molar-refractivity contribution in [2.45, 2.75) is 66.5 Å². The molecule has 0 aromatic carbocycles. The molecule has 0 aliphatic heterocycles. The van der Waals surface area contributed by atoms with Gasteiger partial charge in [0, 0.05) is 12.6 Å². The SMILES string of the molecule is CC(C)CC(NC(=O)OC(C)(C)C)[C@@H](C)C(C)CO. The number of carbonyl (C=O) groups excluding carboxylic acids is 1. The maximum Gasteiger partial charge on any atom is 0.407 e. The number of hydrogen-bond acceptors (Lipinski definition) is 3. The molecule has 0 aliphatic rings. The maximum absolute atomic E-state index is 11.9. The van der Waals surface area contributed by atoms with Gasteiger partial charge in [0.2, 0.25) is 0 Å². The van der Waals surface area contributed by atoms with Gasteiger partial charge >= 0.3 is 6.09 Å². The van der Waals surface area contributed by atoms with Crippen molar-refractivity contribution in [2.24, 2.45) is 17.8 Å². The molecule has 0 radical (unpaired) electrons. The van der Waals surface area contributed by atoms with E-state index in [-0.39, 0.29) is 30.6 Å². The van der Waals surface area contributed by atoms with Gasteiger partial charge in [-0.2, -0.15) is 0 Å². The lowest BCUT2D eigenvalue weighted by Gasteiger charge is -2.31. The minimum atomic E-state index is -0.488. The second kappa shape index (κ2) is 7.73. The lowest BCUT2D eigenvalue weighted by Crippen LogP contribution is -2.45. The molecular weight excluding hydrogens is 242 g/mol. The molecule has 0 aromatic heterocycles. The van der Waals surface area contributed by atoms with Gasteiger partial charge < -0.3 is 15.2 Å². The van der Waals surface area contributed by atoms with Crippen LogP contribution in [0.2, 0.25) is 0 Å². The third-order valence-corrected chi connectivity index (χ3v) is 3.25. The first kappa shape index (κ1) is 18.2. The van der Waals surface area contributed by atoms with Crippen molar-refractivity contribution in [3.8, 4) is 0 Å². The van der Waals surface area contributed by atoms with Gasteiger partial charge in [-0.05, 0) is 44.9 Å². The quantitative estimate of drug-likeness (QED) is 0.781. The second-order valence-electron chi connectivity index (χ2n) is 6.90. The predicted molar refractivity (Wildman–Crippen MR) is 78.0 cm³/mol. The fraction of sp³-hybridized carbons (Fsp3) is 0.933. The van der Waals surface area contributed by atoms with Crippen LogP contribution in [0.25, 0.3) is 0 Å². The molecule has 2 unspecified atom stereocenters. The third-order valence-electron chi connectivity index (χ3n) is 3.25. The maximum atomic E-state index is 11.9. The summed E-state index contributed by atoms with van der Waals surface area (Å²) >= 11 is 0. The summed E-state index contributed by atoms with van der Waals surface area (Å²) in [6, 6.07) is 0.0250. The summed E-state index contributed by atoms with van der Waals surface area (Å²) in [7, 11) is 0. The second-order valence-corrected chi connectivity index (χ2v) is 6.90. The van der Waals surface area contributed by atoms with E-state index in [1.54, 1.807) is 0 Å². The van der Waals surface area contributed by atoms with Crippen LogP contribution in [-0.2, 0) is 4.74 Å². The molecule has 4 heteroatoms. The van der Waals surface area contributed by atoms with E-state index >= 15 is 0 Å². The van der Waals surface area contributed by atoms with E-state index in [0.717, 1.165) is 6.42 Å². The number of hydrogen-bond donors (Lipinski definition) is 2. The number of aliphatic hydroxyl groups is 1. The molecule has 0 saturated carbocycles. The lowest BCUT2D eigenvalue weighted by atomic mass is 9.85. The van der Waals surface area contributed by atoms with Gasteiger partial charge in [0.25, 0.3) is 0 Å². The van der Waals surface area contributed by atoms with E-state index in [4.69, 9.17) is 4.74 Å². The average molecular weight is 273 g/mol. The summed E-state index contributed by atoms with van der Waals surface area (Å²) in [5, 5.41) is 12.2. The molecule has 0 saturated heterocycles. The molecule has 19 heavy (non-hydrogen) atoms. The molecule has 0 heterocycles. The Morgan fingerprint density at radius 3 is 2.11 bits per heavy atom. The summed E-state index contributed by atoms with van der Waals surface area (Å²) in [6.07, 6.45) is 0.500. The van der Waals surface area contributed by atoms with Gasteiger partial charge in [-0.25, -0.2) is 4.79 Å². The molecule has 0 fully saturated rings. The largest absolute Gasteiger partial charge is 0.444 e. The summed E-state index contributed by atoms with van der Waals surface area (Å²) in [5.74, 6) is 0.840. The van der Waals surface area contributed by atoms with Gasteiger partial charge in [0.15, 0.2) is 0 Å². The Morgan fingerprint density at radius 1 is 1.21 bits per heavy atom. The Bertz CT molecular complexity index is 271. The molecule has 0 aliphatic carbocycles. The van der Waals surface area contributed by atoms with Crippen LogP contribution >= 0.6 is 0 Å². The van der Waals surface area contributed by atoms with Crippen LogP contribution in [0.3, 0.4) is 0 Å². The van der Waals surface area contributed by atoms with Crippen molar-refractivity contribution < 1.29 is 14.6 Å². The van der Waals surface area contributed by atoms with E-state index < -0.39 is 5.60 Å². The number of alkyl carbamates (subject to hydrolysis) is 1. The molecule has 0 spiro atoms. The zero-order valence-electron chi connectivity index (χ0n) is 13.5. The van der Waals surface area contributed by atoms with E-state index in [2.05, 4.69) is 26.1 Å². The van der Waals surface area contributed by atoms with Crippen LogP contribution in [0.15, 0.2) is 0 Å². The zero-order chi connectivity index (χ0) is 15.2. The molecule has 0 bridgehead atoms. The number of aliphatic hydroxyl groups excluding tert-OH is 1. The molecule has 114 valence electrons. The fourth-order valence-electron chi connectivity index (χ4n) is 1.93. The highest BCUT2D eigenvalue weighted by molar-refractivity contribution is 5.68. The van der Waals surface area contributed by atoms with E-state index in [1.165, 1.54) is 0 Å². The van der Waals surface area contributed by atoms with Gasteiger partial charge in [0.1, 0.15) is 5.60 Å². The standard InChI is InChI=1S/C15H31NO3/c1-10(2)8-13(12(4)11(3)9-17)16-14(18)19-15(5,6)7/h10-13,17H,8-9H2,1-7H3,(H,16,18)/t11?,12-,13?/m0/s1. The highest BCUT2D eigenvalue weighted by atomic mass is 16.6. The van der Waals surface area contributed by atoms with Crippen molar-refractivity contribution in [3.05, 3.63) is 0 Å². The highest BCUT2D eigenvalue weighted by Crippen LogP contribution is 2.21. The first-order valence-electron chi connectivity index (χ1n) is 7.17. The monoisotopic (exact) mass is 273 g/mol. The van der Waals surface area contributed by atoms with Crippen LogP contribution in [0.4, 0.5) is 4.79 Å². The highest BCUT2D eigenvalue weighted by Gasteiger charge is 2.26. The summed E-state index contributed by atoms with van der Waals surface area (Å²) in [6.45, 7) is 14.0. The molecular formula is C15H31NO3. The summed E-state index contributed by atoms with van der Waals surface area (Å²) < 4.78 is 5.30. The zero-order valence-corrected chi connectivity index (χ0v) is 13.5. The predicted octanol–water partition coefficient (Wildman–Crippen LogP) is 3.19. The Hall–Kier alpha value is -0.770. The Balaban J connectivity index is 4.63. The fourth-order valence-corrected chi connectivity index (χ4v) is 1.93. The Morgan fingerprint density at radius 2 is 1.74 bits per heavy atom. The van der Waals surface area contributed by atoms with Crippen LogP contribution in [0.1, 0.15) is 54.9 Å². The number of nitrogens with one attached hydrogen (secondary N) is 1. The number of rotatable bonds is 6. The van der Waals surface area contributed by atoms with Gasteiger partial charge in [-0.1, -0.05) is 27.7 Å². The number of ether oxygens (including phenoxy) is 1. The molecule has 0 aromatic rings. The van der Waals surface area contributed by atoms with E-state index in [9.17, 15) is 9.90 Å². The minimum Gasteiger partial charge on any atom is -0.444 e. The third kappa shape index (κ3) is 8.09. The molecule has 0 rings (SSSR count). The topological polar surface area (TPSA) is 58.6 Å². The van der Waals surface area contributed by atoms with E-state index in [0.29, 0.717) is 5.92 Å². The summed E-state index contributed by atoms with van der Waals surface area (Å²) in [5.41, 5.74) is -0.488. The summed E-state index contributed by atoms with van der Waals surface area (Å²) in [4.78, 5) is 11.9. The van der Waals surface area contributed by atoms with Crippen LogP contribution in [0.5, 0.6) is 0 Å². The Labute approximate surface area is 117 Å². The van der Waals surface area contributed by atoms with Crippen molar-refractivity contribution in [1.29, 1.82) is 0 Å². The molecule has 4 nitrogen and oxygen atoms in total. The molecule has 1 amide bonds. The van der Waals surface area contributed by atoms with Gasteiger partial charge in [0.05, 0.1) is 0 Å². The number of amides is 1. The van der Waals surface area contributed by atoms with Crippen molar-refractivity contribution in [1.82, 2.24) is 5.32 Å². The lowest BCUT2D eigenvalue weighted by molar-refractivity contribution is 0.0456. The molecule has 2 N–H and O–H groups in total. The average Bonchev–Trinajstić information content (AvgIpc) is 2.22.